The molecule has 0 aliphatic carbocycles. The van der Waals surface area contributed by atoms with E-state index in [2.05, 4.69) is 20.9 Å². The number of hydrogen-bond donors (Lipinski definition) is 3. The third-order valence-electron chi connectivity index (χ3n) is 6.26. The molecule has 0 aliphatic heterocycles. The minimum atomic E-state index is -0.537. The molecule has 4 aromatic rings. The number of benzene rings is 3. The Morgan fingerprint density at radius 3 is 2.36 bits per heavy atom. The van der Waals surface area contributed by atoms with Crippen molar-refractivity contribution in [2.45, 2.75) is 23.5 Å². The second kappa shape index (κ2) is 15.6. The molecule has 0 aliphatic rings. The van der Waals surface area contributed by atoms with Gasteiger partial charge in [-0.15, -0.1) is 11.8 Å². The maximum absolute atomic E-state index is 13.5. The van der Waals surface area contributed by atoms with Crippen LogP contribution in [0.1, 0.15) is 29.3 Å². The number of halogens is 1. The van der Waals surface area contributed by atoms with E-state index in [1.807, 2.05) is 13.0 Å². The number of ether oxygens (including phenoxy) is 2. The fraction of sp³-hybridized carbons (Fsp3) is 0.152. The maximum Gasteiger partial charge on any atom is 0.272 e. The highest BCUT2D eigenvalue weighted by atomic mass is 35.5. The van der Waals surface area contributed by atoms with Crippen LogP contribution in [-0.4, -0.2) is 42.2 Å². The molecule has 3 aromatic carbocycles. The molecule has 0 spiro atoms. The molecule has 9 nitrogen and oxygen atoms in total. The van der Waals surface area contributed by atoms with Gasteiger partial charge in [0.15, 0.2) is 11.5 Å². The highest BCUT2D eigenvalue weighted by molar-refractivity contribution is 8.00. The number of pyridine rings is 1. The van der Waals surface area contributed by atoms with E-state index in [4.69, 9.17) is 21.1 Å². The van der Waals surface area contributed by atoms with Gasteiger partial charge >= 0.3 is 0 Å². The standard InChI is InChI=1S/C33H31ClN4O5S/c1-4-29(33(41)38-30-16-14-23(34)20-35-30)44-25-12-8-11-24(19-25)36-32(40)26(37-31(39)22-9-6-5-7-10-22)17-21-13-15-27(42-2)28(18-21)43-3/h5-20,29H,4H2,1-3H3,(H,36,40)(H,37,39)(H,35,38,41)/b26-17+. The molecule has 0 radical (unpaired) electrons. The number of thioether (sulfide) groups is 1. The van der Waals surface area contributed by atoms with Crippen molar-refractivity contribution >= 4 is 58.7 Å². The summed E-state index contributed by atoms with van der Waals surface area (Å²) in [6.07, 6.45) is 3.58. The van der Waals surface area contributed by atoms with Crippen molar-refractivity contribution in [3.05, 3.63) is 113 Å². The Bertz CT molecular complexity index is 1650. The van der Waals surface area contributed by atoms with Gasteiger partial charge in [0.2, 0.25) is 5.91 Å². The molecule has 44 heavy (non-hydrogen) atoms. The molecule has 0 bridgehead atoms. The van der Waals surface area contributed by atoms with Crippen molar-refractivity contribution in [2.24, 2.45) is 0 Å². The van der Waals surface area contributed by atoms with Crippen LogP contribution < -0.4 is 25.4 Å². The van der Waals surface area contributed by atoms with Gasteiger partial charge in [-0.2, -0.15) is 0 Å². The predicted molar refractivity (Wildman–Crippen MR) is 174 cm³/mol. The molecule has 1 atom stereocenters. The van der Waals surface area contributed by atoms with Gasteiger partial charge in [0, 0.05) is 22.3 Å². The van der Waals surface area contributed by atoms with Crippen LogP contribution in [0.15, 0.2) is 102 Å². The first-order chi connectivity index (χ1) is 21.3. The van der Waals surface area contributed by atoms with Gasteiger partial charge in [-0.1, -0.05) is 48.9 Å². The average Bonchev–Trinajstić information content (AvgIpc) is 3.04. The van der Waals surface area contributed by atoms with Crippen LogP contribution >= 0.6 is 23.4 Å². The van der Waals surface area contributed by atoms with Gasteiger partial charge in [0.05, 0.1) is 24.5 Å². The highest BCUT2D eigenvalue weighted by Gasteiger charge is 2.20. The van der Waals surface area contributed by atoms with E-state index >= 15 is 0 Å². The molecule has 3 amide bonds. The normalized spacial score (nSPS) is 11.7. The zero-order valence-electron chi connectivity index (χ0n) is 24.3. The molecule has 11 heteroatoms. The lowest BCUT2D eigenvalue weighted by Gasteiger charge is -2.16. The summed E-state index contributed by atoms with van der Waals surface area (Å²) in [6, 6.07) is 24.2. The Morgan fingerprint density at radius 2 is 1.68 bits per heavy atom. The number of aromatic nitrogens is 1. The first kappa shape index (κ1) is 32.1. The Hall–Kier alpha value is -4.80. The van der Waals surface area contributed by atoms with Crippen LogP contribution in [0.2, 0.25) is 5.02 Å². The fourth-order valence-corrected chi connectivity index (χ4v) is 5.17. The molecule has 3 N–H and O–H groups in total. The lowest BCUT2D eigenvalue weighted by Crippen LogP contribution is -2.30. The van der Waals surface area contributed by atoms with Crippen LogP contribution in [0.5, 0.6) is 11.5 Å². The largest absolute Gasteiger partial charge is 0.493 e. The number of nitrogens with zero attached hydrogens (tertiary/aromatic N) is 1. The van der Waals surface area contributed by atoms with E-state index < -0.39 is 17.1 Å². The van der Waals surface area contributed by atoms with Gasteiger partial charge in [0.25, 0.3) is 11.8 Å². The Morgan fingerprint density at radius 1 is 0.909 bits per heavy atom. The molecule has 0 saturated heterocycles. The van der Waals surface area contributed by atoms with Crippen LogP contribution in [-0.2, 0) is 9.59 Å². The van der Waals surface area contributed by atoms with Gasteiger partial charge in [0.1, 0.15) is 11.5 Å². The van der Waals surface area contributed by atoms with Crippen LogP contribution in [0.3, 0.4) is 0 Å². The van der Waals surface area contributed by atoms with E-state index in [1.165, 1.54) is 32.2 Å². The maximum atomic E-state index is 13.5. The van der Waals surface area contributed by atoms with Gasteiger partial charge < -0.3 is 25.4 Å². The van der Waals surface area contributed by atoms with Crippen molar-refractivity contribution in [2.75, 3.05) is 24.9 Å². The number of hydrogen-bond acceptors (Lipinski definition) is 7. The summed E-state index contributed by atoms with van der Waals surface area (Å²) in [5.74, 6) is 0.230. The number of carbonyl (C=O) groups is 3. The average molecular weight is 631 g/mol. The fourth-order valence-electron chi connectivity index (χ4n) is 4.04. The summed E-state index contributed by atoms with van der Waals surface area (Å²) in [4.78, 5) is 44.4. The van der Waals surface area contributed by atoms with Crippen LogP contribution in [0.25, 0.3) is 6.08 Å². The number of anilines is 2. The Labute approximate surface area is 265 Å². The Kier molecular flexibility index (Phi) is 11.4. The molecule has 1 heterocycles. The topological polar surface area (TPSA) is 119 Å². The van der Waals surface area contributed by atoms with Gasteiger partial charge in [-0.05, 0) is 72.7 Å². The zero-order chi connectivity index (χ0) is 31.5. The second-order valence-electron chi connectivity index (χ2n) is 9.34. The zero-order valence-corrected chi connectivity index (χ0v) is 25.9. The van der Waals surface area contributed by atoms with Crippen molar-refractivity contribution in [3.63, 3.8) is 0 Å². The summed E-state index contributed by atoms with van der Waals surface area (Å²) in [7, 11) is 3.05. The highest BCUT2D eigenvalue weighted by Crippen LogP contribution is 2.30. The van der Waals surface area contributed by atoms with E-state index in [-0.39, 0.29) is 11.6 Å². The summed E-state index contributed by atoms with van der Waals surface area (Å²) in [6.45, 7) is 1.92. The summed E-state index contributed by atoms with van der Waals surface area (Å²) in [5.41, 5.74) is 1.51. The molecule has 0 saturated carbocycles. The summed E-state index contributed by atoms with van der Waals surface area (Å²) < 4.78 is 10.7. The van der Waals surface area contributed by atoms with Crippen molar-refractivity contribution in [1.29, 1.82) is 0 Å². The van der Waals surface area contributed by atoms with Crippen molar-refractivity contribution in [3.8, 4) is 11.5 Å². The molecule has 1 aromatic heterocycles. The van der Waals surface area contributed by atoms with Gasteiger partial charge in [-0.25, -0.2) is 4.98 Å². The molecule has 1 unspecified atom stereocenters. The summed E-state index contributed by atoms with van der Waals surface area (Å²) >= 11 is 7.25. The van der Waals surface area contributed by atoms with E-state index in [0.717, 1.165) is 4.90 Å². The van der Waals surface area contributed by atoms with E-state index in [0.29, 0.717) is 45.6 Å². The Balaban J connectivity index is 1.53. The SMILES string of the molecule is CCC(Sc1cccc(NC(=O)/C(=C\c2ccc(OC)c(OC)c2)NC(=O)c2ccccc2)c1)C(=O)Nc1ccc(Cl)cn1. The first-order valence-corrected chi connectivity index (χ1v) is 14.9. The number of amides is 3. The minimum absolute atomic E-state index is 0.0189. The minimum Gasteiger partial charge on any atom is -0.493 e. The third kappa shape index (κ3) is 8.85. The van der Waals surface area contributed by atoms with E-state index in [9.17, 15) is 14.4 Å². The molecule has 0 fully saturated rings. The number of methoxy groups -OCH3 is 2. The number of carbonyl (C=O) groups excluding carboxylic acids is 3. The second-order valence-corrected chi connectivity index (χ2v) is 11.1. The monoisotopic (exact) mass is 630 g/mol. The molecular weight excluding hydrogens is 600 g/mol. The lowest BCUT2D eigenvalue weighted by molar-refractivity contribution is -0.116. The predicted octanol–water partition coefficient (Wildman–Crippen LogP) is 6.67. The van der Waals surface area contributed by atoms with Crippen molar-refractivity contribution < 1.29 is 23.9 Å². The van der Waals surface area contributed by atoms with Crippen LogP contribution in [0.4, 0.5) is 11.5 Å². The molecular formula is C33H31ClN4O5S. The smallest absolute Gasteiger partial charge is 0.272 e. The summed E-state index contributed by atoms with van der Waals surface area (Å²) in [5, 5.41) is 8.47. The number of nitrogens with one attached hydrogen (secondary N) is 3. The quantitative estimate of drug-likeness (QED) is 0.118. The van der Waals surface area contributed by atoms with Crippen molar-refractivity contribution in [1.82, 2.24) is 10.3 Å². The first-order valence-electron chi connectivity index (χ1n) is 13.6. The lowest BCUT2D eigenvalue weighted by atomic mass is 10.1. The van der Waals surface area contributed by atoms with Crippen LogP contribution in [0, 0.1) is 0 Å². The third-order valence-corrected chi connectivity index (χ3v) is 7.84. The van der Waals surface area contributed by atoms with E-state index in [1.54, 1.807) is 84.9 Å². The molecule has 4 rings (SSSR count). The number of rotatable bonds is 12. The molecule has 226 valence electrons. The van der Waals surface area contributed by atoms with Gasteiger partial charge in [-0.3, -0.25) is 14.4 Å².